The van der Waals surface area contributed by atoms with E-state index in [1.807, 2.05) is 12.1 Å². The van der Waals surface area contributed by atoms with Crippen molar-refractivity contribution in [2.75, 3.05) is 5.88 Å². The lowest BCUT2D eigenvalue weighted by Crippen LogP contribution is -2.03. The normalized spacial score (nSPS) is 11.2. The third-order valence-corrected chi connectivity index (χ3v) is 3.46. The van der Waals surface area contributed by atoms with Gasteiger partial charge in [0.25, 0.3) is 0 Å². The molecule has 20 heavy (non-hydrogen) atoms. The van der Waals surface area contributed by atoms with E-state index in [1.165, 1.54) is 12.1 Å². The molecule has 0 bridgehead atoms. The number of hydrogen-bond acceptors (Lipinski definition) is 2. The molecule has 0 spiro atoms. The average Bonchev–Trinajstić information content (AvgIpc) is 2.80. The Morgan fingerprint density at radius 1 is 1.25 bits per heavy atom. The molecule has 0 fully saturated rings. The van der Waals surface area contributed by atoms with Crippen LogP contribution in [0.15, 0.2) is 36.5 Å². The highest BCUT2D eigenvalue weighted by Gasteiger charge is 2.14. The van der Waals surface area contributed by atoms with Crippen molar-refractivity contribution in [1.29, 1.82) is 0 Å². The first-order chi connectivity index (χ1) is 9.70. The SMILES string of the molecule is Fc1cc(-n2c(CCCl)nc3cccnc32)ccc1Cl. The Morgan fingerprint density at radius 3 is 2.85 bits per heavy atom. The van der Waals surface area contributed by atoms with Gasteiger partial charge in [-0.05, 0) is 30.3 Å². The zero-order valence-corrected chi connectivity index (χ0v) is 11.9. The highest BCUT2D eigenvalue weighted by molar-refractivity contribution is 6.30. The Hall–Kier alpha value is -1.65. The summed E-state index contributed by atoms with van der Waals surface area (Å²) in [7, 11) is 0. The first-order valence-electron chi connectivity index (χ1n) is 6.04. The van der Waals surface area contributed by atoms with Crippen molar-refractivity contribution < 1.29 is 4.39 Å². The van der Waals surface area contributed by atoms with Crippen molar-refractivity contribution in [3.8, 4) is 5.69 Å². The predicted molar refractivity (Wildman–Crippen MR) is 78.3 cm³/mol. The molecule has 0 N–H and O–H groups in total. The van der Waals surface area contributed by atoms with Crippen LogP contribution in [0.1, 0.15) is 5.82 Å². The van der Waals surface area contributed by atoms with E-state index in [2.05, 4.69) is 9.97 Å². The van der Waals surface area contributed by atoms with Crippen LogP contribution in [-0.4, -0.2) is 20.4 Å². The van der Waals surface area contributed by atoms with Crippen molar-refractivity contribution in [3.05, 3.63) is 53.2 Å². The van der Waals surface area contributed by atoms with E-state index in [0.717, 1.165) is 11.3 Å². The summed E-state index contributed by atoms with van der Waals surface area (Å²) < 4.78 is 15.5. The molecular formula is C14H10Cl2FN3. The van der Waals surface area contributed by atoms with Crippen molar-refractivity contribution >= 4 is 34.4 Å². The van der Waals surface area contributed by atoms with Gasteiger partial charge >= 0.3 is 0 Å². The van der Waals surface area contributed by atoms with E-state index in [1.54, 1.807) is 16.8 Å². The molecule has 0 radical (unpaired) electrons. The van der Waals surface area contributed by atoms with Crippen molar-refractivity contribution in [2.24, 2.45) is 0 Å². The highest BCUT2D eigenvalue weighted by Crippen LogP contribution is 2.23. The van der Waals surface area contributed by atoms with E-state index in [4.69, 9.17) is 23.2 Å². The van der Waals surface area contributed by atoms with Gasteiger partial charge in [0.15, 0.2) is 5.65 Å². The van der Waals surface area contributed by atoms with Gasteiger partial charge in [-0.25, -0.2) is 14.4 Å². The lowest BCUT2D eigenvalue weighted by molar-refractivity contribution is 0.627. The van der Waals surface area contributed by atoms with Gasteiger partial charge in [-0.3, -0.25) is 4.57 Å². The van der Waals surface area contributed by atoms with Crippen LogP contribution in [0.2, 0.25) is 5.02 Å². The molecule has 2 aromatic heterocycles. The first-order valence-corrected chi connectivity index (χ1v) is 6.95. The molecule has 3 nitrogen and oxygen atoms in total. The summed E-state index contributed by atoms with van der Waals surface area (Å²) in [5.74, 6) is 0.702. The first kappa shape index (κ1) is 13.3. The maximum Gasteiger partial charge on any atom is 0.164 e. The number of rotatable bonds is 3. The van der Waals surface area contributed by atoms with Gasteiger partial charge in [-0.15, -0.1) is 11.6 Å². The maximum atomic E-state index is 13.7. The van der Waals surface area contributed by atoms with E-state index in [0.29, 0.717) is 23.6 Å². The molecule has 0 unspecified atom stereocenters. The number of alkyl halides is 1. The summed E-state index contributed by atoms with van der Waals surface area (Å²) in [5, 5.41) is 0.0880. The summed E-state index contributed by atoms with van der Waals surface area (Å²) in [5.41, 5.74) is 2.06. The summed E-state index contributed by atoms with van der Waals surface area (Å²) in [6.07, 6.45) is 2.25. The van der Waals surface area contributed by atoms with Crippen LogP contribution in [0, 0.1) is 5.82 Å². The summed E-state index contributed by atoms with van der Waals surface area (Å²) in [6, 6.07) is 8.30. The molecule has 102 valence electrons. The zero-order chi connectivity index (χ0) is 14.1. The van der Waals surface area contributed by atoms with E-state index in [-0.39, 0.29) is 5.02 Å². The van der Waals surface area contributed by atoms with Crippen molar-refractivity contribution in [3.63, 3.8) is 0 Å². The number of nitrogens with zero attached hydrogens (tertiary/aromatic N) is 3. The monoisotopic (exact) mass is 309 g/mol. The number of aryl methyl sites for hydroxylation is 1. The second-order valence-electron chi connectivity index (χ2n) is 4.25. The average molecular weight is 310 g/mol. The number of pyridine rings is 1. The smallest absolute Gasteiger partial charge is 0.164 e. The van der Waals surface area contributed by atoms with Crippen LogP contribution in [0.5, 0.6) is 0 Å². The van der Waals surface area contributed by atoms with Gasteiger partial charge in [0.05, 0.1) is 10.7 Å². The molecular weight excluding hydrogens is 300 g/mol. The van der Waals surface area contributed by atoms with Crippen LogP contribution >= 0.6 is 23.2 Å². The number of hydrogen-bond donors (Lipinski definition) is 0. The lowest BCUT2D eigenvalue weighted by Gasteiger charge is -2.08. The van der Waals surface area contributed by atoms with Gasteiger partial charge in [0, 0.05) is 18.5 Å². The molecule has 0 saturated heterocycles. The number of imidazole rings is 1. The van der Waals surface area contributed by atoms with Crippen LogP contribution in [0.25, 0.3) is 16.9 Å². The quantitative estimate of drug-likeness (QED) is 0.685. The minimum Gasteiger partial charge on any atom is -0.281 e. The Bertz CT molecular complexity index is 770. The molecule has 0 aliphatic rings. The molecule has 0 aliphatic carbocycles. The Labute approximate surface area is 125 Å². The molecule has 0 aliphatic heterocycles. The third-order valence-electron chi connectivity index (χ3n) is 2.96. The topological polar surface area (TPSA) is 30.7 Å². The Kier molecular flexibility index (Phi) is 3.59. The fraction of sp³-hybridized carbons (Fsp3) is 0.143. The molecule has 0 saturated carbocycles. The molecule has 3 rings (SSSR count). The number of benzene rings is 1. The molecule has 0 amide bonds. The lowest BCUT2D eigenvalue weighted by atomic mass is 10.3. The highest BCUT2D eigenvalue weighted by atomic mass is 35.5. The van der Waals surface area contributed by atoms with Gasteiger partial charge in [0.1, 0.15) is 17.2 Å². The molecule has 3 aromatic rings. The second-order valence-corrected chi connectivity index (χ2v) is 5.03. The number of aromatic nitrogens is 3. The minimum atomic E-state index is -0.473. The number of fused-ring (bicyclic) bond motifs is 1. The zero-order valence-electron chi connectivity index (χ0n) is 10.4. The Morgan fingerprint density at radius 2 is 2.10 bits per heavy atom. The minimum absolute atomic E-state index is 0.0880. The summed E-state index contributed by atoms with van der Waals surface area (Å²) in [4.78, 5) is 8.81. The molecule has 2 heterocycles. The fourth-order valence-corrected chi connectivity index (χ4v) is 2.39. The van der Waals surface area contributed by atoms with Crippen molar-refractivity contribution in [1.82, 2.24) is 14.5 Å². The predicted octanol–water partition coefficient (Wildman–Crippen LogP) is 3.99. The molecule has 6 heteroatoms. The Balaban J connectivity index is 2.26. The number of halogens is 3. The van der Waals surface area contributed by atoms with Gasteiger partial charge in [-0.1, -0.05) is 11.6 Å². The van der Waals surface area contributed by atoms with Crippen LogP contribution in [0.4, 0.5) is 4.39 Å². The standard InChI is InChI=1S/C14H10Cl2FN3/c15-6-5-13-19-12-2-1-7-18-14(12)20(13)9-3-4-10(16)11(17)8-9/h1-4,7-8H,5-6H2. The molecule has 0 atom stereocenters. The fourth-order valence-electron chi connectivity index (χ4n) is 2.11. The van der Waals surface area contributed by atoms with Crippen LogP contribution in [-0.2, 0) is 6.42 Å². The third kappa shape index (κ3) is 2.25. The largest absolute Gasteiger partial charge is 0.281 e. The van der Waals surface area contributed by atoms with Gasteiger partial charge in [0.2, 0.25) is 0 Å². The molecule has 1 aromatic carbocycles. The van der Waals surface area contributed by atoms with Crippen LogP contribution in [0.3, 0.4) is 0 Å². The maximum absolute atomic E-state index is 13.7. The summed E-state index contributed by atoms with van der Waals surface area (Å²) >= 11 is 11.5. The van der Waals surface area contributed by atoms with Crippen molar-refractivity contribution in [2.45, 2.75) is 6.42 Å². The van der Waals surface area contributed by atoms with Gasteiger partial charge < -0.3 is 0 Å². The van der Waals surface area contributed by atoms with E-state index in [9.17, 15) is 4.39 Å². The van der Waals surface area contributed by atoms with E-state index >= 15 is 0 Å². The van der Waals surface area contributed by atoms with E-state index < -0.39 is 5.82 Å². The van der Waals surface area contributed by atoms with Crippen LogP contribution < -0.4 is 0 Å². The van der Waals surface area contributed by atoms with Gasteiger partial charge in [-0.2, -0.15) is 0 Å². The summed E-state index contributed by atoms with van der Waals surface area (Å²) in [6.45, 7) is 0. The second kappa shape index (κ2) is 5.38.